The van der Waals surface area contributed by atoms with Gasteiger partial charge >= 0.3 is 5.97 Å². The minimum Gasteiger partial charge on any atom is -0.478 e. The monoisotopic (exact) mass is 248 g/mol. The average Bonchev–Trinajstić information content (AvgIpc) is 2.36. The molecule has 4 heteroatoms. The van der Waals surface area contributed by atoms with Gasteiger partial charge in [0, 0.05) is 25.2 Å². The summed E-state index contributed by atoms with van der Waals surface area (Å²) in [5.74, 6) is -0.728. The fourth-order valence-corrected chi connectivity index (χ4v) is 2.43. The number of pyridine rings is 1. The molecule has 0 unspecified atom stereocenters. The fourth-order valence-electron chi connectivity index (χ4n) is 2.43. The van der Waals surface area contributed by atoms with Gasteiger partial charge in [-0.2, -0.15) is 0 Å². The summed E-state index contributed by atoms with van der Waals surface area (Å²) in [6.07, 6.45) is 0.919. The zero-order chi connectivity index (χ0) is 13.3. The number of carbonyl (C=O) groups is 1. The molecule has 2 rings (SSSR count). The lowest BCUT2D eigenvalue weighted by atomic mass is 9.97. The lowest BCUT2D eigenvalue weighted by Gasteiger charge is -2.28. The van der Waals surface area contributed by atoms with E-state index in [4.69, 9.17) is 0 Å². The highest BCUT2D eigenvalue weighted by molar-refractivity contribution is 5.89. The molecule has 0 saturated heterocycles. The topological polar surface area (TPSA) is 53.4 Å². The predicted molar refractivity (Wildman–Crippen MR) is 69.9 cm³/mol. The van der Waals surface area contributed by atoms with Crippen LogP contribution in [0, 0.1) is 0 Å². The number of hydrogen-bond donors (Lipinski definition) is 1. The Labute approximate surface area is 108 Å². The van der Waals surface area contributed by atoms with Crippen LogP contribution < -0.4 is 0 Å². The van der Waals surface area contributed by atoms with Crippen molar-refractivity contribution in [1.82, 2.24) is 9.88 Å². The number of fused-ring (bicyclic) bond motifs is 1. The Morgan fingerprint density at radius 3 is 2.83 bits per heavy atom. The van der Waals surface area contributed by atoms with Gasteiger partial charge in [-0.1, -0.05) is 20.8 Å². The largest absolute Gasteiger partial charge is 0.478 e. The number of nitrogens with zero attached hydrogens (tertiary/aromatic N) is 2. The highest BCUT2D eigenvalue weighted by Crippen LogP contribution is 2.24. The summed E-state index contributed by atoms with van der Waals surface area (Å²) in [5.41, 5.74) is 3.23. The van der Waals surface area contributed by atoms with Gasteiger partial charge in [-0.05, 0) is 24.1 Å². The molecule has 1 aliphatic heterocycles. The van der Waals surface area contributed by atoms with Gasteiger partial charge < -0.3 is 5.11 Å². The van der Waals surface area contributed by atoms with Crippen molar-refractivity contribution >= 4 is 5.97 Å². The normalized spacial score (nSPS) is 15.8. The number of rotatable bonds is 3. The number of likely N-dealkylation sites (N-methyl/N-ethyl adjacent to an activating group) is 1. The minimum absolute atomic E-state index is 0.144. The molecule has 0 fully saturated rings. The molecular formula is C14H20N2O2. The van der Waals surface area contributed by atoms with Crippen LogP contribution in [0.25, 0.3) is 0 Å². The van der Waals surface area contributed by atoms with Crippen LogP contribution in [0.2, 0.25) is 0 Å². The van der Waals surface area contributed by atoms with Gasteiger partial charge in [0.05, 0.1) is 11.3 Å². The molecule has 1 aromatic heterocycles. The molecule has 0 atom stereocenters. The summed E-state index contributed by atoms with van der Waals surface area (Å²) in [6, 6.07) is 1.82. The SMILES string of the molecule is CCN1CCc2nc(C(C)C)c(C(=O)O)cc2C1. The highest BCUT2D eigenvalue weighted by Gasteiger charge is 2.22. The van der Waals surface area contributed by atoms with Crippen molar-refractivity contribution in [3.63, 3.8) is 0 Å². The van der Waals surface area contributed by atoms with Gasteiger partial charge in [-0.3, -0.25) is 9.88 Å². The Morgan fingerprint density at radius 2 is 2.28 bits per heavy atom. The maximum Gasteiger partial charge on any atom is 0.337 e. The fraction of sp³-hybridized carbons (Fsp3) is 0.571. The van der Waals surface area contributed by atoms with Crippen LogP contribution in [0.4, 0.5) is 0 Å². The zero-order valence-corrected chi connectivity index (χ0v) is 11.2. The molecular weight excluding hydrogens is 228 g/mol. The molecule has 0 saturated carbocycles. The maximum atomic E-state index is 11.3. The molecule has 0 radical (unpaired) electrons. The molecule has 4 nitrogen and oxygen atoms in total. The molecule has 1 N–H and O–H groups in total. The quantitative estimate of drug-likeness (QED) is 0.891. The summed E-state index contributed by atoms with van der Waals surface area (Å²) in [4.78, 5) is 18.2. The lowest BCUT2D eigenvalue weighted by Crippen LogP contribution is -2.31. The summed E-state index contributed by atoms with van der Waals surface area (Å²) in [5, 5.41) is 9.29. The molecule has 0 spiro atoms. The molecule has 0 aromatic carbocycles. The Kier molecular flexibility index (Phi) is 3.66. The Balaban J connectivity index is 2.46. The first kappa shape index (κ1) is 13.0. The molecule has 98 valence electrons. The van der Waals surface area contributed by atoms with Crippen molar-refractivity contribution in [1.29, 1.82) is 0 Å². The van der Waals surface area contributed by atoms with Crippen LogP contribution in [0.3, 0.4) is 0 Å². The maximum absolute atomic E-state index is 11.3. The number of carboxylic acids is 1. The molecule has 2 heterocycles. The summed E-state index contributed by atoms with van der Waals surface area (Å²) < 4.78 is 0. The van der Waals surface area contributed by atoms with Crippen LogP contribution in [0.1, 0.15) is 54.0 Å². The second kappa shape index (κ2) is 5.06. The van der Waals surface area contributed by atoms with Crippen molar-refractivity contribution in [3.8, 4) is 0 Å². The van der Waals surface area contributed by atoms with Crippen molar-refractivity contribution in [3.05, 3.63) is 28.6 Å². The molecule has 0 aliphatic carbocycles. The Hall–Kier alpha value is -1.42. The van der Waals surface area contributed by atoms with Gasteiger partial charge in [0.1, 0.15) is 0 Å². The summed E-state index contributed by atoms with van der Waals surface area (Å²) >= 11 is 0. The first-order chi connectivity index (χ1) is 8.52. The van der Waals surface area contributed by atoms with E-state index in [2.05, 4.69) is 16.8 Å². The summed E-state index contributed by atoms with van der Waals surface area (Å²) in [6.45, 7) is 8.93. The number of aromatic nitrogens is 1. The molecule has 1 aliphatic rings. The first-order valence-electron chi connectivity index (χ1n) is 6.51. The van der Waals surface area contributed by atoms with Crippen LogP contribution in [0.5, 0.6) is 0 Å². The van der Waals surface area contributed by atoms with Gasteiger partial charge in [0.15, 0.2) is 0 Å². The second-order valence-electron chi connectivity index (χ2n) is 5.11. The van der Waals surface area contributed by atoms with Crippen molar-refractivity contribution < 1.29 is 9.90 Å². The highest BCUT2D eigenvalue weighted by atomic mass is 16.4. The zero-order valence-electron chi connectivity index (χ0n) is 11.2. The lowest BCUT2D eigenvalue weighted by molar-refractivity contribution is 0.0694. The first-order valence-corrected chi connectivity index (χ1v) is 6.51. The van der Waals surface area contributed by atoms with Gasteiger partial charge in [0.2, 0.25) is 0 Å². The van der Waals surface area contributed by atoms with Crippen LogP contribution in [-0.2, 0) is 13.0 Å². The third-order valence-corrected chi connectivity index (χ3v) is 3.50. The van der Waals surface area contributed by atoms with Crippen molar-refractivity contribution in [2.75, 3.05) is 13.1 Å². The number of carboxylic acid groups (broad SMARTS) is 1. The van der Waals surface area contributed by atoms with E-state index in [1.54, 1.807) is 0 Å². The van der Waals surface area contributed by atoms with E-state index in [-0.39, 0.29) is 5.92 Å². The van der Waals surface area contributed by atoms with E-state index < -0.39 is 5.97 Å². The smallest absolute Gasteiger partial charge is 0.337 e. The molecule has 1 aromatic rings. The Morgan fingerprint density at radius 1 is 1.56 bits per heavy atom. The number of aromatic carboxylic acids is 1. The third kappa shape index (κ3) is 2.38. The van der Waals surface area contributed by atoms with E-state index in [1.165, 1.54) is 0 Å². The standard InChI is InChI=1S/C14H20N2O2/c1-4-16-6-5-12-10(8-16)7-11(14(17)18)13(15-12)9(2)3/h7,9H,4-6,8H2,1-3H3,(H,17,18). The molecule has 0 amide bonds. The van der Waals surface area contributed by atoms with Crippen LogP contribution in [0.15, 0.2) is 6.07 Å². The van der Waals surface area contributed by atoms with E-state index in [1.807, 2.05) is 19.9 Å². The Bertz CT molecular complexity index is 469. The third-order valence-electron chi connectivity index (χ3n) is 3.50. The van der Waals surface area contributed by atoms with Crippen molar-refractivity contribution in [2.45, 2.75) is 39.7 Å². The number of hydrogen-bond acceptors (Lipinski definition) is 3. The predicted octanol–water partition coefficient (Wildman–Crippen LogP) is 2.28. The van der Waals surface area contributed by atoms with Gasteiger partial charge in [-0.15, -0.1) is 0 Å². The van der Waals surface area contributed by atoms with Gasteiger partial charge in [0.25, 0.3) is 0 Å². The summed E-state index contributed by atoms with van der Waals surface area (Å²) in [7, 11) is 0. The van der Waals surface area contributed by atoms with E-state index in [9.17, 15) is 9.90 Å². The van der Waals surface area contributed by atoms with Crippen LogP contribution in [-0.4, -0.2) is 34.0 Å². The average molecular weight is 248 g/mol. The van der Waals surface area contributed by atoms with E-state index >= 15 is 0 Å². The van der Waals surface area contributed by atoms with Crippen molar-refractivity contribution in [2.24, 2.45) is 0 Å². The second-order valence-corrected chi connectivity index (χ2v) is 5.11. The van der Waals surface area contributed by atoms with Crippen LogP contribution >= 0.6 is 0 Å². The molecule has 0 bridgehead atoms. The minimum atomic E-state index is -0.873. The van der Waals surface area contributed by atoms with E-state index in [0.29, 0.717) is 11.3 Å². The molecule has 18 heavy (non-hydrogen) atoms. The van der Waals surface area contributed by atoms with E-state index in [0.717, 1.165) is 37.3 Å². The van der Waals surface area contributed by atoms with Gasteiger partial charge in [-0.25, -0.2) is 4.79 Å².